The summed E-state index contributed by atoms with van der Waals surface area (Å²) >= 11 is 0. The van der Waals surface area contributed by atoms with Gasteiger partial charge in [0.25, 0.3) is 0 Å². The van der Waals surface area contributed by atoms with Crippen LogP contribution in [0.4, 0.5) is 0 Å². The molecule has 0 bridgehead atoms. The minimum Gasteiger partial charge on any atom is -0.375 e. The molecule has 1 saturated heterocycles. The van der Waals surface area contributed by atoms with E-state index in [0.29, 0.717) is 0 Å². The molecule has 1 atom stereocenters. The highest BCUT2D eigenvalue weighted by Crippen LogP contribution is 2.16. The van der Waals surface area contributed by atoms with Crippen LogP contribution in [0.2, 0.25) is 0 Å². The lowest BCUT2D eigenvalue weighted by Crippen LogP contribution is -2.08. The van der Waals surface area contributed by atoms with Crippen molar-refractivity contribution in [2.75, 3.05) is 6.61 Å². The monoisotopic (exact) mass is 122 g/mol. The van der Waals surface area contributed by atoms with Crippen LogP contribution in [0.3, 0.4) is 0 Å². The molecule has 1 nitrogen and oxygen atoms in total. The third kappa shape index (κ3) is 1.58. The molecule has 1 aliphatic rings. The van der Waals surface area contributed by atoms with E-state index in [-0.39, 0.29) is 6.10 Å². The molecule has 1 unspecified atom stereocenters. The molecule has 0 aromatic heterocycles. The topological polar surface area (TPSA) is 9.23 Å². The van der Waals surface area contributed by atoms with Crippen molar-refractivity contribution >= 4 is 7.85 Å². The van der Waals surface area contributed by atoms with Crippen molar-refractivity contribution in [2.45, 2.75) is 25.9 Å². The maximum Gasteiger partial charge on any atom is 0.110 e. The Labute approximate surface area is 57.5 Å². The molecule has 0 amide bonds. The lowest BCUT2D eigenvalue weighted by molar-refractivity contribution is 0.142. The van der Waals surface area contributed by atoms with Crippen molar-refractivity contribution < 1.29 is 4.74 Å². The lowest BCUT2D eigenvalue weighted by atomic mass is 9.89. The van der Waals surface area contributed by atoms with Gasteiger partial charge in [0, 0.05) is 6.61 Å². The fourth-order valence-electron chi connectivity index (χ4n) is 1.03. The van der Waals surface area contributed by atoms with Gasteiger partial charge >= 0.3 is 0 Å². The van der Waals surface area contributed by atoms with Gasteiger partial charge in [-0.25, -0.2) is 0 Å². The molecule has 0 aromatic carbocycles. The predicted octanol–water partition coefficient (Wildman–Crippen LogP) is 1.24. The summed E-state index contributed by atoms with van der Waals surface area (Å²) in [6.45, 7) is 2.82. The average molecular weight is 122 g/mol. The molecule has 0 aliphatic carbocycles. The Hall–Kier alpha value is -0.235. The van der Waals surface area contributed by atoms with Gasteiger partial charge in [0.2, 0.25) is 0 Å². The zero-order valence-corrected chi connectivity index (χ0v) is 5.76. The van der Waals surface area contributed by atoms with Crippen molar-refractivity contribution in [2.24, 2.45) is 0 Å². The molecule has 0 aromatic rings. The van der Waals surface area contributed by atoms with Gasteiger partial charge in [-0.15, -0.1) is 0 Å². The first kappa shape index (κ1) is 6.88. The second kappa shape index (κ2) is 3.07. The van der Waals surface area contributed by atoms with Gasteiger partial charge in [0.1, 0.15) is 7.85 Å². The quantitative estimate of drug-likeness (QED) is 0.475. The van der Waals surface area contributed by atoms with Crippen molar-refractivity contribution in [3.05, 3.63) is 11.5 Å². The lowest BCUT2D eigenvalue weighted by Gasteiger charge is -2.08. The number of allylic oxidation sites excluding steroid dienone is 1. The number of hydrogen-bond acceptors (Lipinski definition) is 1. The van der Waals surface area contributed by atoms with Crippen LogP contribution < -0.4 is 0 Å². The molecule has 48 valence electrons. The highest BCUT2D eigenvalue weighted by molar-refractivity contribution is 6.22. The summed E-state index contributed by atoms with van der Waals surface area (Å²) in [7, 11) is 5.61. The minimum atomic E-state index is 0.218. The Morgan fingerprint density at radius 3 is 3.00 bits per heavy atom. The van der Waals surface area contributed by atoms with E-state index < -0.39 is 0 Å². The van der Waals surface area contributed by atoms with Gasteiger partial charge in [0.15, 0.2) is 0 Å². The Morgan fingerprint density at radius 1 is 1.78 bits per heavy atom. The molecule has 0 spiro atoms. The van der Waals surface area contributed by atoms with E-state index in [9.17, 15) is 0 Å². The third-order valence-corrected chi connectivity index (χ3v) is 1.63. The maximum atomic E-state index is 5.61. The first-order valence-electron chi connectivity index (χ1n) is 3.38. The van der Waals surface area contributed by atoms with Crippen molar-refractivity contribution in [1.29, 1.82) is 0 Å². The van der Waals surface area contributed by atoms with Crippen LogP contribution in [-0.2, 0) is 4.74 Å². The van der Waals surface area contributed by atoms with Crippen LogP contribution >= 0.6 is 0 Å². The van der Waals surface area contributed by atoms with Crippen LogP contribution in [-0.4, -0.2) is 20.6 Å². The van der Waals surface area contributed by atoms with Gasteiger partial charge < -0.3 is 4.74 Å². The molecule has 1 heterocycles. The number of rotatable bonds is 1. The van der Waals surface area contributed by atoms with Gasteiger partial charge in [-0.3, -0.25) is 0 Å². The Morgan fingerprint density at radius 2 is 2.56 bits per heavy atom. The van der Waals surface area contributed by atoms with Crippen molar-refractivity contribution in [1.82, 2.24) is 0 Å². The Kier molecular flexibility index (Phi) is 2.34. The highest BCUT2D eigenvalue weighted by atomic mass is 16.5. The van der Waals surface area contributed by atoms with E-state index in [1.54, 1.807) is 0 Å². The summed E-state index contributed by atoms with van der Waals surface area (Å²) in [5.74, 6) is 0. The summed E-state index contributed by atoms with van der Waals surface area (Å²) in [6, 6.07) is 0. The molecule has 1 rings (SSSR count). The molecule has 1 fully saturated rings. The molecule has 0 saturated carbocycles. The second-order valence-electron chi connectivity index (χ2n) is 2.29. The summed E-state index contributed by atoms with van der Waals surface area (Å²) < 4.78 is 5.31. The first-order chi connectivity index (χ1) is 4.34. The van der Waals surface area contributed by atoms with Crippen LogP contribution in [0, 0.1) is 0 Å². The van der Waals surface area contributed by atoms with Gasteiger partial charge in [-0.1, -0.05) is 11.5 Å². The standard InChI is InChI=1S/C7H11BO/c1-2-6(8)7-4-3-5-9-7/h2,7H,3-5H2,1H3/b6-2-. The zero-order valence-electron chi connectivity index (χ0n) is 5.76. The van der Waals surface area contributed by atoms with Gasteiger partial charge in [0.05, 0.1) is 6.10 Å². The van der Waals surface area contributed by atoms with E-state index in [4.69, 9.17) is 12.6 Å². The average Bonchev–Trinajstić information content (AvgIpc) is 2.37. The number of hydrogen-bond donors (Lipinski definition) is 0. The molecule has 0 N–H and O–H groups in total. The van der Waals surface area contributed by atoms with E-state index in [1.807, 2.05) is 13.0 Å². The zero-order chi connectivity index (χ0) is 6.69. The number of ether oxygens (including phenoxy) is 1. The van der Waals surface area contributed by atoms with E-state index in [2.05, 4.69) is 0 Å². The second-order valence-corrected chi connectivity index (χ2v) is 2.29. The fraction of sp³-hybridized carbons (Fsp3) is 0.714. The van der Waals surface area contributed by atoms with Crippen LogP contribution in [0.15, 0.2) is 11.5 Å². The molecular formula is C7H11BO. The molecule has 2 heteroatoms. The highest BCUT2D eigenvalue weighted by Gasteiger charge is 2.15. The van der Waals surface area contributed by atoms with Gasteiger partial charge in [-0.05, 0) is 19.8 Å². The Balaban J connectivity index is 2.42. The normalized spacial score (nSPS) is 29.0. The molecule has 1 aliphatic heterocycles. The smallest absolute Gasteiger partial charge is 0.110 e. The first-order valence-corrected chi connectivity index (χ1v) is 3.38. The fourth-order valence-corrected chi connectivity index (χ4v) is 1.03. The van der Waals surface area contributed by atoms with E-state index in [0.717, 1.165) is 24.9 Å². The summed E-state index contributed by atoms with van der Waals surface area (Å²) in [5.41, 5.74) is 0.882. The minimum absolute atomic E-state index is 0.218. The van der Waals surface area contributed by atoms with Crippen LogP contribution in [0.1, 0.15) is 19.8 Å². The molecule has 9 heavy (non-hydrogen) atoms. The van der Waals surface area contributed by atoms with Crippen molar-refractivity contribution in [3.63, 3.8) is 0 Å². The summed E-state index contributed by atoms with van der Waals surface area (Å²) in [5, 5.41) is 0. The molecule has 2 radical (unpaired) electrons. The SMILES string of the molecule is [B]/C(=C\C)C1CCCO1. The maximum absolute atomic E-state index is 5.61. The van der Waals surface area contributed by atoms with E-state index in [1.165, 1.54) is 0 Å². The molecular weight excluding hydrogens is 111 g/mol. The Bertz CT molecular complexity index is 114. The largest absolute Gasteiger partial charge is 0.375 e. The predicted molar refractivity (Wildman–Crippen MR) is 38.5 cm³/mol. The summed E-state index contributed by atoms with van der Waals surface area (Å²) in [4.78, 5) is 0. The van der Waals surface area contributed by atoms with Crippen LogP contribution in [0.25, 0.3) is 0 Å². The summed E-state index contributed by atoms with van der Waals surface area (Å²) in [6.07, 6.45) is 4.38. The van der Waals surface area contributed by atoms with E-state index >= 15 is 0 Å². The van der Waals surface area contributed by atoms with Gasteiger partial charge in [-0.2, -0.15) is 0 Å². The third-order valence-electron chi connectivity index (χ3n) is 1.63. The van der Waals surface area contributed by atoms with Crippen LogP contribution in [0.5, 0.6) is 0 Å². The van der Waals surface area contributed by atoms with Crippen molar-refractivity contribution in [3.8, 4) is 0 Å².